The normalized spacial score (nSPS) is 15.8. The minimum absolute atomic E-state index is 0.0870. The molecule has 6 nitrogen and oxygen atoms in total. The molecule has 1 fully saturated rings. The Morgan fingerprint density at radius 2 is 1.83 bits per heavy atom. The Hall–Kier alpha value is -2.96. The molecular formula is C23H25N3O3. The summed E-state index contributed by atoms with van der Waals surface area (Å²) in [7, 11) is 0. The van der Waals surface area contributed by atoms with Crippen molar-refractivity contribution < 1.29 is 14.1 Å². The van der Waals surface area contributed by atoms with Crippen LogP contribution in [-0.4, -0.2) is 48.8 Å². The minimum Gasteiger partial charge on any atom is -0.379 e. The molecule has 0 spiro atoms. The van der Waals surface area contributed by atoms with E-state index in [1.807, 2.05) is 30.3 Å². The first-order chi connectivity index (χ1) is 14.2. The lowest BCUT2D eigenvalue weighted by atomic mass is 10.0. The molecule has 4 rings (SSSR count). The maximum atomic E-state index is 12.7. The first kappa shape index (κ1) is 19.4. The number of aryl methyl sites for hydroxylation is 1. The molecule has 1 atom stereocenters. The monoisotopic (exact) mass is 391 g/mol. The van der Waals surface area contributed by atoms with Crippen LogP contribution in [-0.2, 0) is 4.74 Å². The van der Waals surface area contributed by atoms with Crippen LogP contribution in [0.1, 0.15) is 27.7 Å². The van der Waals surface area contributed by atoms with Gasteiger partial charge in [-0.3, -0.25) is 9.69 Å². The van der Waals surface area contributed by atoms with E-state index in [9.17, 15) is 4.79 Å². The molecule has 1 N–H and O–H groups in total. The van der Waals surface area contributed by atoms with Gasteiger partial charge in [0.15, 0.2) is 11.5 Å². The molecule has 29 heavy (non-hydrogen) atoms. The van der Waals surface area contributed by atoms with Crippen molar-refractivity contribution in [3.8, 4) is 11.3 Å². The number of hydrogen-bond donors (Lipinski definition) is 1. The standard InChI is InChI=1S/C23H25N3O3/c1-17-7-9-18(10-8-17)21(26-11-13-28-14-12-26)16-24-23(27)20-15-22(29-25-20)19-5-3-2-4-6-19/h2-10,15,21H,11-14,16H2,1H3,(H,24,27)/t21-/m0/s1. The Morgan fingerprint density at radius 3 is 2.55 bits per heavy atom. The topological polar surface area (TPSA) is 67.6 Å². The van der Waals surface area contributed by atoms with E-state index in [1.165, 1.54) is 11.1 Å². The van der Waals surface area contributed by atoms with Crippen molar-refractivity contribution in [2.24, 2.45) is 0 Å². The molecule has 1 aliphatic rings. The summed E-state index contributed by atoms with van der Waals surface area (Å²) in [5, 5.41) is 6.98. The largest absolute Gasteiger partial charge is 0.379 e. The number of morpholine rings is 1. The number of carbonyl (C=O) groups is 1. The fourth-order valence-electron chi connectivity index (χ4n) is 3.54. The van der Waals surface area contributed by atoms with Crippen molar-refractivity contribution in [3.63, 3.8) is 0 Å². The van der Waals surface area contributed by atoms with Crippen molar-refractivity contribution in [1.82, 2.24) is 15.4 Å². The van der Waals surface area contributed by atoms with Crippen molar-refractivity contribution in [1.29, 1.82) is 0 Å². The molecule has 2 heterocycles. The van der Waals surface area contributed by atoms with Crippen LogP contribution >= 0.6 is 0 Å². The predicted octanol–water partition coefficient (Wildman–Crippen LogP) is 3.45. The van der Waals surface area contributed by atoms with E-state index >= 15 is 0 Å². The zero-order chi connectivity index (χ0) is 20.1. The summed E-state index contributed by atoms with van der Waals surface area (Å²) in [4.78, 5) is 15.0. The van der Waals surface area contributed by atoms with Crippen molar-refractivity contribution in [2.45, 2.75) is 13.0 Å². The predicted molar refractivity (Wildman–Crippen MR) is 111 cm³/mol. The molecular weight excluding hydrogens is 366 g/mol. The molecule has 1 aliphatic heterocycles. The maximum Gasteiger partial charge on any atom is 0.273 e. The van der Waals surface area contributed by atoms with Crippen molar-refractivity contribution in [3.05, 3.63) is 77.5 Å². The van der Waals surface area contributed by atoms with Gasteiger partial charge in [-0.15, -0.1) is 0 Å². The molecule has 1 amide bonds. The lowest BCUT2D eigenvalue weighted by molar-refractivity contribution is 0.0162. The number of rotatable bonds is 6. The van der Waals surface area contributed by atoms with Crippen LogP contribution in [0.25, 0.3) is 11.3 Å². The van der Waals surface area contributed by atoms with Gasteiger partial charge in [-0.2, -0.15) is 0 Å². The smallest absolute Gasteiger partial charge is 0.273 e. The summed E-state index contributed by atoms with van der Waals surface area (Å²) < 4.78 is 10.8. The SMILES string of the molecule is Cc1ccc([C@H](CNC(=O)c2cc(-c3ccccc3)on2)N2CCOCC2)cc1. The van der Waals surface area contributed by atoms with E-state index in [0.717, 1.165) is 18.7 Å². The summed E-state index contributed by atoms with van der Waals surface area (Å²) in [6.07, 6.45) is 0. The third-order valence-electron chi connectivity index (χ3n) is 5.21. The molecule has 150 valence electrons. The van der Waals surface area contributed by atoms with Crippen LogP contribution < -0.4 is 5.32 Å². The molecule has 6 heteroatoms. The fraction of sp³-hybridized carbons (Fsp3) is 0.304. The highest BCUT2D eigenvalue weighted by atomic mass is 16.5. The molecule has 1 saturated heterocycles. The highest BCUT2D eigenvalue weighted by Crippen LogP contribution is 2.23. The lowest BCUT2D eigenvalue weighted by Crippen LogP contribution is -2.43. The minimum atomic E-state index is -0.235. The summed E-state index contributed by atoms with van der Waals surface area (Å²) in [6, 6.07) is 19.9. The highest BCUT2D eigenvalue weighted by molar-refractivity contribution is 5.93. The van der Waals surface area contributed by atoms with Crippen LogP contribution in [0, 0.1) is 6.92 Å². The Kier molecular flexibility index (Phi) is 6.03. The summed E-state index contributed by atoms with van der Waals surface area (Å²) in [6.45, 7) is 5.67. The molecule has 0 radical (unpaired) electrons. The Balaban J connectivity index is 1.46. The number of aromatic nitrogens is 1. The zero-order valence-corrected chi connectivity index (χ0v) is 16.5. The maximum absolute atomic E-state index is 12.7. The number of nitrogens with one attached hydrogen (secondary N) is 1. The number of amides is 1. The average Bonchev–Trinajstić information content (AvgIpc) is 3.27. The van der Waals surface area contributed by atoms with Gasteiger partial charge in [-0.1, -0.05) is 65.3 Å². The van der Waals surface area contributed by atoms with Crippen molar-refractivity contribution in [2.75, 3.05) is 32.8 Å². The first-order valence-corrected chi connectivity index (χ1v) is 9.89. The number of nitrogens with zero attached hydrogens (tertiary/aromatic N) is 2. The molecule has 2 aromatic carbocycles. The average molecular weight is 391 g/mol. The van der Waals surface area contributed by atoms with E-state index in [-0.39, 0.29) is 17.6 Å². The van der Waals surface area contributed by atoms with E-state index in [4.69, 9.17) is 9.26 Å². The quantitative estimate of drug-likeness (QED) is 0.697. The molecule has 0 unspecified atom stereocenters. The van der Waals surface area contributed by atoms with Gasteiger partial charge in [0.2, 0.25) is 0 Å². The van der Waals surface area contributed by atoms with Gasteiger partial charge in [-0.25, -0.2) is 0 Å². The van der Waals surface area contributed by atoms with Crippen LogP contribution in [0.15, 0.2) is 65.2 Å². The number of carbonyl (C=O) groups excluding carboxylic acids is 1. The fourth-order valence-corrected chi connectivity index (χ4v) is 3.54. The molecule has 3 aromatic rings. The highest BCUT2D eigenvalue weighted by Gasteiger charge is 2.24. The second-order valence-electron chi connectivity index (χ2n) is 7.23. The Labute approximate surface area is 170 Å². The van der Waals surface area contributed by atoms with Crippen LogP contribution in [0.4, 0.5) is 0 Å². The molecule has 0 bridgehead atoms. The molecule has 0 aliphatic carbocycles. The van der Waals surface area contributed by atoms with Gasteiger partial charge in [0.05, 0.1) is 19.3 Å². The van der Waals surface area contributed by atoms with Gasteiger partial charge in [0.1, 0.15) is 0 Å². The summed E-state index contributed by atoms with van der Waals surface area (Å²) in [5.74, 6) is 0.348. The van der Waals surface area contributed by atoms with Crippen LogP contribution in [0.3, 0.4) is 0 Å². The van der Waals surface area contributed by atoms with E-state index in [1.54, 1.807) is 6.07 Å². The Morgan fingerprint density at radius 1 is 1.10 bits per heavy atom. The lowest BCUT2D eigenvalue weighted by Gasteiger charge is -2.35. The number of hydrogen-bond acceptors (Lipinski definition) is 5. The summed E-state index contributed by atoms with van der Waals surface area (Å²) >= 11 is 0. The van der Waals surface area contributed by atoms with E-state index in [0.29, 0.717) is 25.5 Å². The second-order valence-corrected chi connectivity index (χ2v) is 7.23. The third kappa shape index (κ3) is 4.72. The van der Waals surface area contributed by atoms with E-state index in [2.05, 4.69) is 46.6 Å². The number of benzene rings is 2. The summed E-state index contributed by atoms with van der Waals surface area (Å²) in [5.41, 5.74) is 3.58. The van der Waals surface area contributed by atoms with Gasteiger partial charge in [0.25, 0.3) is 5.91 Å². The van der Waals surface area contributed by atoms with Crippen LogP contribution in [0.5, 0.6) is 0 Å². The molecule has 0 saturated carbocycles. The zero-order valence-electron chi connectivity index (χ0n) is 16.5. The van der Waals surface area contributed by atoms with Crippen molar-refractivity contribution >= 4 is 5.91 Å². The third-order valence-corrected chi connectivity index (χ3v) is 5.21. The number of ether oxygens (including phenoxy) is 1. The van der Waals surface area contributed by atoms with Gasteiger partial charge in [-0.05, 0) is 12.5 Å². The first-order valence-electron chi connectivity index (χ1n) is 9.89. The second kappa shape index (κ2) is 9.03. The Bertz CT molecular complexity index is 932. The van der Waals surface area contributed by atoms with Gasteiger partial charge >= 0.3 is 0 Å². The molecule has 1 aromatic heterocycles. The van der Waals surface area contributed by atoms with Gasteiger partial charge in [0, 0.05) is 31.3 Å². The van der Waals surface area contributed by atoms with E-state index < -0.39 is 0 Å². The van der Waals surface area contributed by atoms with Gasteiger partial charge < -0.3 is 14.6 Å². The van der Waals surface area contributed by atoms with Crippen LogP contribution in [0.2, 0.25) is 0 Å².